The van der Waals surface area contributed by atoms with Crippen LogP contribution in [0.5, 0.6) is 11.5 Å². The number of fused-ring (bicyclic) bond motifs is 1. The number of ether oxygens (including phenoxy) is 1. The molecule has 7 nitrogen and oxygen atoms in total. The third-order valence-corrected chi connectivity index (χ3v) is 5.44. The second-order valence-corrected chi connectivity index (χ2v) is 7.71. The molecule has 1 fully saturated rings. The van der Waals surface area contributed by atoms with Crippen LogP contribution in [0.4, 0.5) is 0 Å². The van der Waals surface area contributed by atoms with Crippen molar-refractivity contribution in [2.24, 2.45) is 5.10 Å². The van der Waals surface area contributed by atoms with Gasteiger partial charge in [0.1, 0.15) is 11.5 Å². The summed E-state index contributed by atoms with van der Waals surface area (Å²) in [5.74, 6) is 0.00492. The second kappa shape index (κ2) is 9.96. The first kappa shape index (κ1) is 21.4. The predicted molar refractivity (Wildman–Crippen MR) is 123 cm³/mol. The van der Waals surface area contributed by atoms with E-state index < -0.39 is 5.91 Å². The summed E-state index contributed by atoms with van der Waals surface area (Å²) < 4.78 is 5.59. The Balaban J connectivity index is 1.30. The van der Waals surface area contributed by atoms with E-state index in [1.54, 1.807) is 36.4 Å². The monoisotopic (exact) mass is 431 g/mol. The number of phenolic OH excluding ortho intramolecular Hbond substituents is 1. The van der Waals surface area contributed by atoms with E-state index >= 15 is 0 Å². The molecule has 1 saturated heterocycles. The molecule has 1 aliphatic heterocycles. The summed E-state index contributed by atoms with van der Waals surface area (Å²) in [5, 5.41) is 15.8. The van der Waals surface area contributed by atoms with Gasteiger partial charge < -0.3 is 14.7 Å². The van der Waals surface area contributed by atoms with E-state index in [4.69, 9.17) is 4.74 Å². The number of hydrazone groups is 1. The largest absolute Gasteiger partial charge is 0.507 e. The first-order chi connectivity index (χ1) is 15.6. The normalized spacial score (nSPS) is 13.9. The molecule has 7 heteroatoms. The predicted octanol–water partition coefficient (Wildman–Crippen LogP) is 3.70. The van der Waals surface area contributed by atoms with E-state index in [2.05, 4.69) is 10.5 Å². The first-order valence-electron chi connectivity index (χ1n) is 10.7. The molecule has 164 valence electrons. The number of nitrogens with zero attached hydrogens (tertiary/aromatic N) is 2. The Hall–Kier alpha value is -3.87. The number of benzene rings is 3. The van der Waals surface area contributed by atoms with Crippen molar-refractivity contribution in [3.05, 3.63) is 71.8 Å². The molecule has 0 aliphatic carbocycles. The number of nitrogens with one attached hydrogen (secondary N) is 1. The number of aromatic hydroxyl groups is 1. The lowest BCUT2D eigenvalue weighted by Crippen LogP contribution is -2.38. The minimum Gasteiger partial charge on any atom is -0.507 e. The zero-order valence-electron chi connectivity index (χ0n) is 17.7. The van der Waals surface area contributed by atoms with E-state index in [-0.39, 0.29) is 23.8 Å². The van der Waals surface area contributed by atoms with Crippen LogP contribution >= 0.6 is 0 Å². The van der Waals surface area contributed by atoms with Crippen LogP contribution in [-0.4, -0.2) is 47.7 Å². The smallest absolute Gasteiger partial charge is 0.275 e. The molecule has 3 aromatic carbocycles. The molecular weight excluding hydrogens is 406 g/mol. The zero-order valence-corrected chi connectivity index (χ0v) is 17.7. The Labute approximate surface area is 186 Å². The molecule has 0 radical (unpaired) electrons. The number of hydrogen-bond donors (Lipinski definition) is 2. The second-order valence-electron chi connectivity index (χ2n) is 7.71. The van der Waals surface area contributed by atoms with E-state index in [1.807, 2.05) is 29.2 Å². The van der Waals surface area contributed by atoms with Gasteiger partial charge in [0.15, 0.2) is 6.61 Å². The van der Waals surface area contributed by atoms with Crippen LogP contribution in [-0.2, 0) is 4.79 Å². The van der Waals surface area contributed by atoms with Gasteiger partial charge in [-0.15, -0.1) is 0 Å². The van der Waals surface area contributed by atoms with Crippen molar-refractivity contribution in [3.8, 4) is 11.5 Å². The van der Waals surface area contributed by atoms with Gasteiger partial charge in [0.2, 0.25) is 0 Å². The lowest BCUT2D eigenvalue weighted by Gasteiger charge is -2.26. The summed E-state index contributed by atoms with van der Waals surface area (Å²) in [4.78, 5) is 26.4. The fourth-order valence-corrected chi connectivity index (χ4v) is 3.67. The topological polar surface area (TPSA) is 91.2 Å². The molecule has 0 atom stereocenters. The Morgan fingerprint density at radius 1 is 1.00 bits per heavy atom. The molecule has 3 aromatic rings. The third-order valence-electron chi connectivity index (χ3n) is 5.44. The van der Waals surface area contributed by atoms with Crippen LogP contribution in [0.25, 0.3) is 10.8 Å². The Morgan fingerprint density at radius 2 is 1.69 bits per heavy atom. The lowest BCUT2D eigenvalue weighted by molar-refractivity contribution is -0.134. The number of rotatable bonds is 6. The van der Waals surface area contributed by atoms with Crippen LogP contribution in [0.3, 0.4) is 0 Å². The van der Waals surface area contributed by atoms with Crippen molar-refractivity contribution in [2.75, 3.05) is 19.7 Å². The van der Waals surface area contributed by atoms with Crippen molar-refractivity contribution in [3.63, 3.8) is 0 Å². The molecule has 0 unspecified atom stereocenters. The SMILES string of the molecule is O=C(N/N=C\c1ccc(OCC(=O)N2CCCCC2)cc1)c1cc2ccccc2cc1O. The van der Waals surface area contributed by atoms with Crippen molar-refractivity contribution in [1.29, 1.82) is 0 Å². The molecule has 2 N–H and O–H groups in total. The molecule has 4 rings (SSSR count). The van der Waals surface area contributed by atoms with E-state index in [0.29, 0.717) is 5.75 Å². The fraction of sp³-hybridized carbons (Fsp3) is 0.240. The van der Waals surface area contributed by atoms with Gasteiger partial charge in [-0.05, 0) is 72.0 Å². The van der Waals surface area contributed by atoms with Crippen LogP contribution in [0.1, 0.15) is 35.2 Å². The molecule has 1 aliphatic rings. The van der Waals surface area contributed by atoms with Gasteiger partial charge in [-0.25, -0.2) is 5.43 Å². The van der Waals surface area contributed by atoms with Crippen molar-refractivity contribution in [2.45, 2.75) is 19.3 Å². The van der Waals surface area contributed by atoms with Crippen molar-refractivity contribution >= 4 is 28.8 Å². The number of carbonyl (C=O) groups is 2. The van der Waals surface area contributed by atoms with E-state index in [0.717, 1.165) is 42.3 Å². The summed E-state index contributed by atoms with van der Waals surface area (Å²) in [6.45, 7) is 1.64. The lowest BCUT2D eigenvalue weighted by atomic mass is 10.1. The summed E-state index contributed by atoms with van der Waals surface area (Å²) in [6, 6.07) is 17.7. The van der Waals surface area contributed by atoms with Crippen LogP contribution < -0.4 is 10.2 Å². The highest BCUT2D eigenvalue weighted by atomic mass is 16.5. The van der Waals surface area contributed by atoms with Crippen LogP contribution in [0.2, 0.25) is 0 Å². The minimum absolute atomic E-state index is 0.00925. The molecule has 0 aromatic heterocycles. The van der Waals surface area contributed by atoms with Gasteiger partial charge in [-0.1, -0.05) is 24.3 Å². The molecule has 0 spiro atoms. The number of carbonyl (C=O) groups excluding carboxylic acids is 2. The highest BCUT2D eigenvalue weighted by molar-refractivity contribution is 6.01. The number of hydrogen-bond acceptors (Lipinski definition) is 5. The van der Waals surface area contributed by atoms with E-state index in [9.17, 15) is 14.7 Å². The first-order valence-corrected chi connectivity index (χ1v) is 10.7. The number of likely N-dealkylation sites (tertiary alicyclic amines) is 1. The number of amides is 2. The van der Waals surface area contributed by atoms with Gasteiger partial charge in [0.25, 0.3) is 11.8 Å². The van der Waals surface area contributed by atoms with Crippen LogP contribution in [0.15, 0.2) is 65.8 Å². The highest BCUT2D eigenvalue weighted by Gasteiger charge is 2.16. The maximum atomic E-state index is 12.4. The summed E-state index contributed by atoms with van der Waals surface area (Å²) in [6.07, 6.45) is 4.78. The summed E-state index contributed by atoms with van der Waals surface area (Å²) in [5.41, 5.74) is 3.34. The Morgan fingerprint density at radius 3 is 2.41 bits per heavy atom. The summed E-state index contributed by atoms with van der Waals surface area (Å²) in [7, 11) is 0. The molecule has 1 heterocycles. The third kappa shape index (κ3) is 5.24. The zero-order chi connectivity index (χ0) is 22.3. The van der Waals surface area contributed by atoms with Gasteiger partial charge in [0.05, 0.1) is 11.8 Å². The fourth-order valence-electron chi connectivity index (χ4n) is 3.67. The molecule has 2 amide bonds. The average Bonchev–Trinajstić information content (AvgIpc) is 2.83. The van der Waals surface area contributed by atoms with Crippen molar-refractivity contribution in [1.82, 2.24) is 10.3 Å². The van der Waals surface area contributed by atoms with Crippen LogP contribution in [0, 0.1) is 0 Å². The molecular formula is C25H25N3O4. The van der Waals surface area contributed by atoms with Gasteiger partial charge >= 0.3 is 0 Å². The average molecular weight is 431 g/mol. The Bertz CT molecular complexity index is 1140. The minimum atomic E-state index is -0.499. The molecule has 0 bridgehead atoms. The maximum Gasteiger partial charge on any atom is 0.275 e. The maximum absolute atomic E-state index is 12.4. The highest BCUT2D eigenvalue weighted by Crippen LogP contribution is 2.24. The molecule has 32 heavy (non-hydrogen) atoms. The standard InChI is InChI=1S/C25H25N3O4/c29-23-15-20-7-3-2-6-19(20)14-22(23)25(31)27-26-16-18-8-10-21(11-9-18)32-17-24(30)28-12-4-1-5-13-28/h2-3,6-11,14-16,29H,1,4-5,12-13,17H2,(H,27,31)/b26-16-. The Kier molecular flexibility index (Phi) is 6.65. The van der Waals surface area contributed by atoms with Gasteiger partial charge in [-0.2, -0.15) is 5.10 Å². The molecule has 0 saturated carbocycles. The van der Waals surface area contributed by atoms with Gasteiger partial charge in [0, 0.05) is 13.1 Å². The number of phenols is 1. The van der Waals surface area contributed by atoms with Crippen molar-refractivity contribution < 1.29 is 19.4 Å². The summed E-state index contributed by atoms with van der Waals surface area (Å²) >= 11 is 0. The quantitative estimate of drug-likeness (QED) is 0.460. The number of piperidine rings is 1. The van der Waals surface area contributed by atoms with Gasteiger partial charge in [-0.3, -0.25) is 9.59 Å². The van der Waals surface area contributed by atoms with E-state index in [1.165, 1.54) is 12.6 Å².